The van der Waals surface area contributed by atoms with Gasteiger partial charge in [0.1, 0.15) is 0 Å². The molecule has 22 heavy (non-hydrogen) atoms. The van der Waals surface area contributed by atoms with Gasteiger partial charge in [-0.15, -0.1) is 0 Å². The van der Waals surface area contributed by atoms with E-state index in [1.807, 2.05) is 13.2 Å². The highest BCUT2D eigenvalue weighted by atomic mass is 16.5. The molecule has 1 aromatic rings. The predicted molar refractivity (Wildman–Crippen MR) is 85.4 cm³/mol. The summed E-state index contributed by atoms with van der Waals surface area (Å²) in [6.07, 6.45) is 8.76. The van der Waals surface area contributed by atoms with E-state index in [1.54, 1.807) is 22.9 Å². The molecule has 0 bridgehead atoms. The number of hydrogen-bond acceptors (Lipinski definition) is 3. The van der Waals surface area contributed by atoms with Gasteiger partial charge in [0.05, 0.1) is 19.3 Å². The third kappa shape index (κ3) is 4.73. The van der Waals surface area contributed by atoms with Crippen molar-refractivity contribution in [1.29, 1.82) is 0 Å². The lowest BCUT2D eigenvalue weighted by Gasteiger charge is -2.27. The first-order valence-electron chi connectivity index (χ1n) is 8.12. The van der Waals surface area contributed by atoms with Crippen LogP contribution < -0.4 is 5.32 Å². The maximum Gasteiger partial charge on any atom is 0.317 e. The standard InChI is InChI=1S/C16H28N4O2/c1-13(15-6-4-5-7-15)18-16(21)20(8-9-22-3)12-14-10-17-19(2)11-14/h10-11,13,15H,4-9,12H2,1-3H3,(H,18,21). The molecule has 1 unspecified atom stereocenters. The van der Waals surface area contributed by atoms with Crippen molar-refractivity contribution in [3.63, 3.8) is 0 Å². The molecule has 0 radical (unpaired) electrons. The van der Waals surface area contributed by atoms with Crippen LogP contribution in [0.3, 0.4) is 0 Å². The van der Waals surface area contributed by atoms with Gasteiger partial charge in [0, 0.05) is 38.5 Å². The molecule has 1 N–H and O–H groups in total. The quantitative estimate of drug-likeness (QED) is 0.839. The molecule has 1 aliphatic carbocycles. The van der Waals surface area contributed by atoms with Crippen LogP contribution in [-0.2, 0) is 18.3 Å². The van der Waals surface area contributed by atoms with Crippen LogP contribution in [0, 0.1) is 5.92 Å². The SMILES string of the molecule is COCCN(Cc1cnn(C)c1)C(=O)NC(C)C1CCCC1. The molecule has 1 aromatic heterocycles. The summed E-state index contributed by atoms with van der Waals surface area (Å²) in [4.78, 5) is 14.4. The van der Waals surface area contributed by atoms with Gasteiger partial charge in [0.15, 0.2) is 0 Å². The number of ether oxygens (including phenoxy) is 1. The average Bonchev–Trinajstić information content (AvgIpc) is 3.14. The molecule has 1 atom stereocenters. The third-order valence-corrected chi connectivity index (χ3v) is 4.44. The number of carbonyl (C=O) groups is 1. The van der Waals surface area contributed by atoms with E-state index in [9.17, 15) is 4.79 Å². The fourth-order valence-electron chi connectivity index (χ4n) is 3.09. The summed E-state index contributed by atoms with van der Waals surface area (Å²) in [6, 6.07) is 0.217. The predicted octanol–water partition coefficient (Wildman–Crippen LogP) is 2.16. The van der Waals surface area contributed by atoms with E-state index in [0.29, 0.717) is 25.6 Å². The number of hydrogen-bond donors (Lipinski definition) is 1. The van der Waals surface area contributed by atoms with Crippen LogP contribution in [0.1, 0.15) is 38.2 Å². The lowest BCUT2D eigenvalue weighted by molar-refractivity contribution is 0.143. The van der Waals surface area contributed by atoms with Gasteiger partial charge in [0.25, 0.3) is 0 Å². The van der Waals surface area contributed by atoms with Crippen molar-refractivity contribution >= 4 is 6.03 Å². The van der Waals surface area contributed by atoms with E-state index in [1.165, 1.54) is 25.7 Å². The van der Waals surface area contributed by atoms with Crippen molar-refractivity contribution in [2.75, 3.05) is 20.3 Å². The van der Waals surface area contributed by atoms with Gasteiger partial charge in [-0.25, -0.2) is 4.79 Å². The number of urea groups is 1. The van der Waals surface area contributed by atoms with Crippen LogP contribution in [0.4, 0.5) is 4.79 Å². The van der Waals surface area contributed by atoms with Crippen molar-refractivity contribution in [1.82, 2.24) is 20.0 Å². The minimum atomic E-state index is -0.0136. The van der Waals surface area contributed by atoms with Crippen LogP contribution in [0.5, 0.6) is 0 Å². The largest absolute Gasteiger partial charge is 0.383 e. The average molecular weight is 308 g/mol. The molecular formula is C16H28N4O2. The van der Waals surface area contributed by atoms with Gasteiger partial charge >= 0.3 is 6.03 Å². The Morgan fingerprint density at radius 1 is 1.55 bits per heavy atom. The number of nitrogens with one attached hydrogen (secondary N) is 1. The van der Waals surface area contributed by atoms with E-state index in [4.69, 9.17) is 4.74 Å². The zero-order chi connectivity index (χ0) is 15.9. The minimum absolute atomic E-state index is 0.0136. The first-order valence-corrected chi connectivity index (χ1v) is 8.12. The first kappa shape index (κ1) is 16.8. The van der Waals surface area contributed by atoms with Crippen LogP contribution >= 0.6 is 0 Å². The Hall–Kier alpha value is -1.56. The summed E-state index contributed by atoms with van der Waals surface area (Å²) in [5.74, 6) is 0.617. The Kier molecular flexibility index (Phi) is 6.24. The number of carbonyl (C=O) groups excluding carboxylic acids is 1. The number of methoxy groups -OCH3 is 1. The summed E-state index contributed by atoms with van der Waals surface area (Å²) < 4.78 is 6.88. The Morgan fingerprint density at radius 2 is 2.27 bits per heavy atom. The van der Waals surface area contributed by atoms with Crippen molar-refractivity contribution < 1.29 is 9.53 Å². The highest BCUT2D eigenvalue weighted by Gasteiger charge is 2.24. The second-order valence-corrected chi connectivity index (χ2v) is 6.22. The number of aromatic nitrogens is 2. The zero-order valence-electron chi connectivity index (χ0n) is 13.9. The van der Waals surface area contributed by atoms with E-state index in [0.717, 1.165) is 5.56 Å². The highest BCUT2D eigenvalue weighted by molar-refractivity contribution is 5.74. The second-order valence-electron chi connectivity index (χ2n) is 6.22. The lowest BCUT2D eigenvalue weighted by atomic mass is 10.00. The first-order chi connectivity index (χ1) is 10.6. The molecule has 1 saturated carbocycles. The molecule has 1 heterocycles. The normalized spacial score (nSPS) is 16.7. The maximum atomic E-state index is 12.6. The second kappa shape index (κ2) is 8.17. The van der Waals surface area contributed by atoms with Crippen LogP contribution in [0.15, 0.2) is 12.4 Å². The summed E-state index contributed by atoms with van der Waals surface area (Å²) in [5, 5.41) is 7.32. The molecule has 0 aromatic carbocycles. The van der Waals surface area contributed by atoms with Gasteiger partial charge in [-0.3, -0.25) is 4.68 Å². The fraction of sp³-hybridized carbons (Fsp3) is 0.750. The molecule has 6 nitrogen and oxygen atoms in total. The molecule has 0 saturated heterocycles. The van der Waals surface area contributed by atoms with Crippen LogP contribution in [0.25, 0.3) is 0 Å². The molecular weight excluding hydrogens is 280 g/mol. The summed E-state index contributed by atoms with van der Waals surface area (Å²) in [5.41, 5.74) is 1.03. The molecule has 2 amide bonds. The molecule has 0 aliphatic heterocycles. The Bertz CT molecular complexity index is 468. The minimum Gasteiger partial charge on any atom is -0.383 e. The van der Waals surface area contributed by atoms with Crippen LogP contribution in [0.2, 0.25) is 0 Å². The Morgan fingerprint density at radius 3 is 2.86 bits per heavy atom. The lowest BCUT2D eigenvalue weighted by Crippen LogP contribution is -2.46. The number of nitrogens with zero attached hydrogens (tertiary/aromatic N) is 3. The van der Waals surface area contributed by atoms with Crippen molar-refractivity contribution in [2.45, 2.75) is 45.2 Å². The van der Waals surface area contributed by atoms with Gasteiger partial charge in [-0.05, 0) is 25.7 Å². The van der Waals surface area contributed by atoms with Crippen molar-refractivity contribution in [3.8, 4) is 0 Å². The fourth-order valence-corrected chi connectivity index (χ4v) is 3.09. The summed E-state index contributed by atoms with van der Waals surface area (Å²) in [6.45, 7) is 3.78. The van der Waals surface area contributed by atoms with Crippen molar-refractivity contribution in [3.05, 3.63) is 18.0 Å². The van der Waals surface area contributed by atoms with Gasteiger partial charge in [-0.2, -0.15) is 5.10 Å². The van der Waals surface area contributed by atoms with E-state index in [2.05, 4.69) is 17.3 Å². The molecule has 1 fully saturated rings. The summed E-state index contributed by atoms with van der Waals surface area (Å²) in [7, 11) is 3.53. The molecule has 124 valence electrons. The highest BCUT2D eigenvalue weighted by Crippen LogP contribution is 2.27. The number of aryl methyl sites for hydroxylation is 1. The number of rotatable bonds is 7. The van der Waals surface area contributed by atoms with Gasteiger partial charge in [0.2, 0.25) is 0 Å². The van der Waals surface area contributed by atoms with Gasteiger partial charge < -0.3 is 15.0 Å². The maximum absolute atomic E-state index is 12.6. The van der Waals surface area contributed by atoms with Crippen molar-refractivity contribution in [2.24, 2.45) is 13.0 Å². The molecule has 0 spiro atoms. The summed E-state index contributed by atoms with van der Waals surface area (Å²) >= 11 is 0. The van der Waals surface area contributed by atoms with Gasteiger partial charge in [-0.1, -0.05) is 12.8 Å². The van der Waals surface area contributed by atoms with E-state index in [-0.39, 0.29) is 12.1 Å². The molecule has 2 rings (SSSR count). The smallest absolute Gasteiger partial charge is 0.317 e. The monoisotopic (exact) mass is 308 g/mol. The molecule has 1 aliphatic rings. The van der Waals surface area contributed by atoms with Crippen LogP contribution in [-0.4, -0.2) is 47.0 Å². The van der Waals surface area contributed by atoms with E-state index < -0.39 is 0 Å². The zero-order valence-corrected chi connectivity index (χ0v) is 13.9. The third-order valence-electron chi connectivity index (χ3n) is 4.44. The Balaban J connectivity index is 1.92. The Labute approximate surface area is 132 Å². The molecule has 6 heteroatoms. The van der Waals surface area contributed by atoms with E-state index >= 15 is 0 Å². The topological polar surface area (TPSA) is 59.4 Å². The number of amides is 2.